The molecule has 0 spiro atoms. The van der Waals surface area contributed by atoms with Gasteiger partial charge in [-0.15, -0.1) is 11.3 Å². The van der Waals surface area contributed by atoms with Crippen LogP contribution in [0.25, 0.3) is 0 Å². The zero-order valence-corrected chi connectivity index (χ0v) is 11.3. The lowest BCUT2D eigenvalue weighted by molar-refractivity contribution is 0.0688. The molecule has 18 heavy (non-hydrogen) atoms. The fraction of sp³-hybridized carbons (Fsp3) is 0.636. The average Bonchev–Trinajstić information content (AvgIpc) is 2.86. The standard InChI is InChI=1S/C11H19N3O3S/c1-16-5-6-17-4-2-3-13-11(15)9-8-18-10(7-12)14-9/h8H,2-7,12H2,1H3,(H,13,15). The summed E-state index contributed by atoms with van der Waals surface area (Å²) in [6.45, 7) is 2.71. The van der Waals surface area contributed by atoms with Crippen LogP contribution in [0.4, 0.5) is 0 Å². The second-order valence-corrected chi connectivity index (χ2v) is 4.49. The summed E-state index contributed by atoms with van der Waals surface area (Å²) in [5.74, 6) is -0.164. The molecule has 1 amide bonds. The van der Waals surface area contributed by atoms with E-state index in [1.165, 1.54) is 11.3 Å². The quantitative estimate of drug-likeness (QED) is 0.635. The minimum absolute atomic E-state index is 0.164. The van der Waals surface area contributed by atoms with Gasteiger partial charge in [-0.2, -0.15) is 0 Å². The van der Waals surface area contributed by atoms with E-state index in [9.17, 15) is 4.79 Å². The largest absolute Gasteiger partial charge is 0.382 e. The number of hydrogen-bond donors (Lipinski definition) is 2. The molecule has 0 fully saturated rings. The van der Waals surface area contributed by atoms with Crippen molar-refractivity contribution >= 4 is 17.2 Å². The van der Waals surface area contributed by atoms with Gasteiger partial charge in [0.15, 0.2) is 0 Å². The molecule has 0 saturated heterocycles. The van der Waals surface area contributed by atoms with Gasteiger partial charge in [0.1, 0.15) is 10.7 Å². The summed E-state index contributed by atoms with van der Waals surface area (Å²) >= 11 is 1.40. The summed E-state index contributed by atoms with van der Waals surface area (Å²) in [7, 11) is 1.63. The lowest BCUT2D eigenvalue weighted by Crippen LogP contribution is -2.25. The summed E-state index contributed by atoms with van der Waals surface area (Å²) in [4.78, 5) is 15.7. The topological polar surface area (TPSA) is 86.5 Å². The molecule has 6 nitrogen and oxygen atoms in total. The molecule has 0 aromatic carbocycles. The highest BCUT2D eigenvalue weighted by Gasteiger charge is 2.08. The van der Waals surface area contributed by atoms with E-state index in [-0.39, 0.29) is 5.91 Å². The zero-order chi connectivity index (χ0) is 13.2. The number of thiazole rings is 1. The van der Waals surface area contributed by atoms with Crippen LogP contribution in [0.3, 0.4) is 0 Å². The van der Waals surface area contributed by atoms with Crippen LogP contribution in [-0.2, 0) is 16.0 Å². The fourth-order valence-electron chi connectivity index (χ4n) is 1.22. The van der Waals surface area contributed by atoms with E-state index in [1.807, 2.05) is 0 Å². The van der Waals surface area contributed by atoms with Gasteiger partial charge in [0.2, 0.25) is 0 Å². The summed E-state index contributed by atoms with van der Waals surface area (Å²) in [5, 5.41) is 5.26. The molecule has 0 bridgehead atoms. The number of hydrogen-bond acceptors (Lipinski definition) is 6. The summed E-state index contributed by atoms with van der Waals surface area (Å²) in [6.07, 6.45) is 0.767. The Morgan fingerprint density at radius 1 is 1.50 bits per heavy atom. The number of ether oxygens (including phenoxy) is 2. The number of aromatic nitrogens is 1. The van der Waals surface area contributed by atoms with Crippen molar-refractivity contribution in [3.05, 3.63) is 16.1 Å². The smallest absolute Gasteiger partial charge is 0.270 e. The maximum absolute atomic E-state index is 11.6. The third-order valence-electron chi connectivity index (χ3n) is 2.14. The van der Waals surface area contributed by atoms with Crippen molar-refractivity contribution in [1.29, 1.82) is 0 Å². The number of rotatable bonds is 9. The second-order valence-electron chi connectivity index (χ2n) is 3.55. The Morgan fingerprint density at radius 3 is 3.00 bits per heavy atom. The molecular weight excluding hydrogens is 254 g/mol. The van der Waals surface area contributed by atoms with E-state index in [0.29, 0.717) is 38.6 Å². The van der Waals surface area contributed by atoms with Crippen molar-refractivity contribution in [3.8, 4) is 0 Å². The Morgan fingerprint density at radius 2 is 2.33 bits per heavy atom. The molecule has 7 heteroatoms. The van der Waals surface area contributed by atoms with Crippen LogP contribution >= 0.6 is 11.3 Å². The van der Waals surface area contributed by atoms with Gasteiger partial charge >= 0.3 is 0 Å². The van der Waals surface area contributed by atoms with Crippen LogP contribution in [0.1, 0.15) is 21.9 Å². The highest BCUT2D eigenvalue weighted by molar-refractivity contribution is 7.09. The van der Waals surface area contributed by atoms with E-state index in [1.54, 1.807) is 12.5 Å². The molecule has 3 N–H and O–H groups in total. The fourth-order valence-corrected chi connectivity index (χ4v) is 1.87. The van der Waals surface area contributed by atoms with E-state index in [0.717, 1.165) is 11.4 Å². The van der Waals surface area contributed by atoms with Crippen LogP contribution in [-0.4, -0.2) is 44.4 Å². The van der Waals surface area contributed by atoms with Crippen LogP contribution in [0.5, 0.6) is 0 Å². The molecule has 1 aromatic heterocycles. The second kappa shape index (κ2) is 8.98. The number of carbonyl (C=O) groups is 1. The Kier molecular flexibility index (Phi) is 7.51. The molecular formula is C11H19N3O3S. The molecule has 0 atom stereocenters. The van der Waals surface area contributed by atoms with Gasteiger partial charge in [-0.1, -0.05) is 0 Å². The van der Waals surface area contributed by atoms with Crippen molar-refractivity contribution in [2.24, 2.45) is 5.73 Å². The number of nitrogens with two attached hydrogens (primary N) is 1. The molecule has 0 saturated carbocycles. The van der Waals surface area contributed by atoms with Crippen molar-refractivity contribution in [1.82, 2.24) is 10.3 Å². The number of methoxy groups -OCH3 is 1. The predicted octanol–water partition coefficient (Wildman–Crippen LogP) is 0.385. The lowest BCUT2D eigenvalue weighted by atomic mass is 10.4. The van der Waals surface area contributed by atoms with Crippen LogP contribution < -0.4 is 11.1 Å². The van der Waals surface area contributed by atoms with Gasteiger partial charge in [-0.05, 0) is 6.42 Å². The minimum Gasteiger partial charge on any atom is -0.382 e. The molecule has 1 aromatic rings. The van der Waals surface area contributed by atoms with Gasteiger partial charge in [-0.25, -0.2) is 4.98 Å². The molecule has 0 radical (unpaired) electrons. The summed E-state index contributed by atoms with van der Waals surface area (Å²) < 4.78 is 10.1. The molecule has 1 rings (SSSR count). The number of nitrogens with one attached hydrogen (secondary N) is 1. The first kappa shape index (κ1) is 15.0. The molecule has 0 aliphatic rings. The van der Waals surface area contributed by atoms with Gasteiger partial charge in [0.25, 0.3) is 5.91 Å². The number of carbonyl (C=O) groups excluding carboxylic acids is 1. The molecule has 0 aliphatic carbocycles. The van der Waals surface area contributed by atoms with Crippen molar-refractivity contribution < 1.29 is 14.3 Å². The molecule has 102 valence electrons. The maximum Gasteiger partial charge on any atom is 0.270 e. The Bertz CT molecular complexity index is 357. The van der Waals surface area contributed by atoms with Crippen molar-refractivity contribution in [2.45, 2.75) is 13.0 Å². The van der Waals surface area contributed by atoms with Gasteiger partial charge < -0.3 is 20.5 Å². The maximum atomic E-state index is 11.6. The highest BCUT2D eigenvalue weighted by Crippen LogP contribution is 2.08. The predicted molar refractivity (Wildman–Crippen MR) is 69.7 cm³/mol. The Labute approximate surface area is 110 Å². The molecule has 1 heterocycles. The van der Waals surface area contributed by atoms with Gasteiger partial charge in [-0.3, -0.25) is 4.79 Å². The Hall–Kier alpha value is -1.02. The monoisotopic (exact) mass is 273 g/mol. The van der Waals surface area contributed by atoms with E-state index < -0.39 is 0 Å². The van der Waals surface area contributed by atoms with E-state index in [4.69, 9.17) is 15.2 Å². The normalized spacial score (nSPS) is 10.6. The van der Waals surface area contributed by atoms with E-state index in [2.05, 4.69) is 10.3 Å². The molecule has 0 unspecified atom stereocenters. The summed E-state index contributed by atoms with van der Waals surface area (Å²) in [6, 6.07) is 0. The summed E-state index contributed by atoms with van der Waals surface area (Å²) in [5.41, 5.74) is 5.86. The van der Waals surface area contributed by atoms with Crippen LogP contribution in [0, 0.1) is 0 Å². The highest BCUT2D eigenvalue weighted by atomic mass is 32.1. The SMILES string of the molecule is COCCOCCCNC(=O)c1csc(CN)n1. The van der Waals surface area contributed by atoms with Crippen LogP contribution in [0.2, 0.25) is 0 Å². The Balaban J connectivity index is 2.10. The third kappa shape index (κ3) is 5.54. The minimum atomic E-state index is -0.164. The number of amides is 1. The van der Waals surface area contributed by atoms with Crippen molar-refractivity contribution in [3.63, 3.8) is 0 Å². The first-order valence-corrected chi connectivity index (χ1v) is 6.65. The van der Waals surface area contributed by atoms with Gasteiger partial charge in [0, 0.05) is 32.2 Å². The zero-order valence-electron chi connectivity index (χ0n) is 10.5. The first-order valence-electron chi connectivity index (χ1n) is 5.77. The molecule has 0 aliphatic heterocycles. The average molecular weight is 273 g/mol. The van der Waals surface area contributed by atoms with Crippen molar-refractivity contribution in [2.75, 3.05) is 33.5 Å². The lowest BCUT2D eigenvalue weighted by Gasteiger charge is -2.04. The van der Waals surface area contributed by atoms with Gasteiger partial charge in [0.05, 0.1) is 13.2 Å². The van der Waals surface area contributed by atoms with E-state index >= 15 is 0 Å². The van der Waals surface area contributed by atoms with Crippen LogP contribution in [0.15, 0.2) is 5.38 Å². The third-order valence-corrected chi connectivity index (χ3v) is 3.01. The first-order chi connectivity index (χ1) is 8.77. The number of nitrogens with zero attached hydrogens (tertiary/aromatic N) is 1.